The van der Waals surface area contributed by atoms with Crippen molar-refractivity contribution in [1.29, 1.82) is 0 Å². The van der Waals surface area contributed by atoms with Crippen molar-refractivity contribution < 1.29 is 0 Å². The number of hydrogen-bond donors (Lipinski definition) is 1. The lowest BCUT2D eigenvalue weighted by atomic mass is 10.0. The van der Waals surface area contributed by atoms with E-state index in [4.69, 9.17) is 11.6 Å². The van der Waals surface area contributed by atoms with Crippen LogP contribution in [0, 0.1) is 0 Å². The van der Waals surface area contributed by atoms with Crippen molar-refractivity contribution in [3.05, 3.63) is 28.8 Å². The van der Waals surface area contributed by atoms with Gasteiger partial charge in [0.25, 0.3) is 0 Å². The minimum atomic E-state index is 0.789. The Morgan fingerprint density at radius 1 is 1.26 bits per heavy atom. The van der Waals surface area contributed by atoms with Crippen molar-refractivity contribution >= 4 is 23.4 Å². The van der Waals surface area contributed by atoms with Crippen LogP contribution in [0.3, 0.4) is 0 Å². The number of benzene rings is 1. The molecular weight excluding hydrogens is 274 g/mol. The van der Waals surface area contributed by atoms with Gasteiger partial charge in [-0.2, -0.15) is 0 Å². The zero-order valence-electron chi connectivity index (χ0n) is 11.8. The maximum atomic E-state index is 6.37. The third-order valence-corrected chi connectivity index (χ3v) is 5.45. The molecule has 1 aromatic carbocycles. The van der Waals surface area contributed by atoms with E-state index < -0.39 is 0 Å². The van der Waals surface area contributed by atoms with Crippen LogP contribution in [0.2, 0.25) is 5.02 Å². The molecule has 0 spiro atoms. The lowest BCUT2D eigenvalue weighted by molar-refractivity contribution is 0.516. The molecule has 1 N–H and O–H groups in total. The fourth-order valence-electron chi connectivity index (χ4n) is 2.57. The second kappa shape index (κ2) is 8.18. The van der Waals surface area contributed by atoms with Crippen LogP contribution < -0.4 is 5.32 Å². The van der Waals surface area contributed by atoms with E-state index in [0.717, 1.165) is 29.8 Å². The Labute approximate surface area is 126 Å². The van der Waals surface area contributed by atoms with Crippen molar-refractivity contribution in [3.8, 4) is 0 Å². The molecule has 1 fully saturated rings. The average molecular weight is 298 g/mol. The zero-order chi connectivity index (χ0) is 13.5. The lowest BCUT2D eigenvalue weighted by Crippen LogP contribution is -2.15. The number of thioether (sulfide) groups is 1. The van der Waals surface area contributed by atoms with Crippen LogP contribution in [-0.2, 0) is 6.54 Å². The van der Waals surface area contributed by atoms with E-state index in [9.17, 15) is 0 Å². The van der Waals surface area contributed by atoms with Crippen molar-refractivity contribution in [2.24, 2.45) is 0 Å². The van der Waals surface area contributed by atoms with Gasteiger partial charge < -0.3 is 5.32 Å². The fraction of sp³-hybridized carbons (Fsp3) is 0.625. The first kappa shape index (κ1) is 15.2. The first-order valence-corrected chi connectivity index (χ1v) is 8.71. The molecule has 0 amide bonds. The van der Waals surface area contributed by atoms with Crippen molar-refractivity contribution in [1.82, 2.24) is 5.32 Å². The first-order chi connectivity index (χ1) is 9.31. The van der Waals surface area contributed by atoms with Crippen LogP contribution in [0.4, 0.5) is 0 Å². The Morgan fingerprint density at radius 2 is 2.05 bits per heavy atom. The molecule has 0 aliphatic heterocycles. The van der Waals surface area contributed by atoms with Crippen LogP contribution >= 0.6 is 23.4 Å². The van der Waals surface area contributed by atoms with Crippen LogP contribution in [-0.4, -0.2) is 11.8 Å². The zero-order valence-corrected chi connectivity index (χ0v) is 13.3. The average Bonchev–Trinajstić information content (AvgIpc) is 2.43. The summed E-state index contributed by atoms with van der Waals surface area (Å²) >= 11 is 8.41. The summed E-state index contributed by atoms with van der Waals surface area (Å²) in [4.78, 5) is 1.38. The number of hydrogen-bond acceptors (Lipinski definition) is 2. The molecule has 19 heavy (non-hydrogen) atoms. The molecule has 0 radical (unpaired) electrons. The van der Waals surface area contributed by atoms with Crippen LogP contribution in [0.5, 0.6) is 0 Å². The molecule has 1 aromatic rings. The van der Waals surface area contributed by atoms with E-state index >= 15 is 0 Å². The van der Waals surface area contributed by atoms with Crippen molar-refractivity contribution in [2.75, 3.05) is 6.54 Å². The van der Waals surface area contributed by atoms with E-state index in [1.54, 1.807) is 0 Å². The van der Waals surface area contributed by atoms with Crippen LogP contribution in [0.25, 0.3) is 0 Å². The van der Waals surface area contributed by atoms with Gasteiger partial charge in [0, 0.05) is 21.7 Å². The summed E-state index contributed by atoms with van der Waals surface area (Å²) in [5.41, 5.74) is 1.29. The molecule has 2 rings (SSSR count). The van der Waals surface area contributed by atoms with Gasteiger partial charge >= 0.3 is 0 Å². The summed E-state index contributed by atoms with van der Waals surface area (Å²) in [7, 11) is 0. The molecule has 1 saturated carbocycles. The highest BCUT2D eigenvalue weighted by Crippen LogP contribution is 2.37. The highest BCUT2D eigenvalue weighted by Gasteiger charge is 2.17. The van der Waals surface area contributed by atoms with Gasteiger partial charge in [0.15, 0.2) is 0 Å². The Bertz CT molecular complexity index is 388. The number of halogens is 1. The highest BCUT2D eigenvalue weighted by molar-refractivity contribution is 8.00. The summed E-state index contributed by atoms with van der Waals surface area (Å²) in [6.45, 7) is 4.14. The maximum Gasteiger partial charge on any atom is 0.0462 e. The molecule has 3 heteroatoms. The summed E-state index contributed by atoms with van der Waals surface area (Å²) in [6.07, 6.45) is 8.08. The lowest BCUT2D eigenvalue weighted by Gasteiger charge is -2.22. The van der Waals surface area contributed by atoms with Gasteiger partial charge in [-0.15, -0.1) is 11.8 Å². The maximum absolute atomic E-state index is 6.37. The fourth-order valence-corrected chi connectivity index (χ4v) is 4.28. The Morgan fingerprint density at radius 3 is 2.79 bits per heavy atom. The van der Waals surface area contributed by atoms with Gasteiger partial charge in [0.2, 0.25) is 0 Å². The second-order valence-corrected chi connectivity index (χ2v) is 7.02. The predicted octanol–water partition coefficient (Wildman–Crippen LogP) is 5.26. The van der Waals surface area contributed by atoms with E-state index in [2.05, 4.69) is 24.4 Å². The molecule has 0 atom stereocenters. The molecule has 1 aliphatic carbocycles. The van der Waals surface area contributed by atoms with Gasteiger partial charge in [-0.3, -0.25) is 0 Å². The molecule has 0 bridgehead atoms. The SMILES string of the molecule is CCCNCc1c(Cl)cccc1SC1CCCCC1. The predicted molar refractivity (Wildman–Crippen MR) is 86.2 cm³/mol. The van der Waals surface area contributed by atoms with Crippen molar-refractivity contribution in [3.63, 3.8) is 0 Å². The molecular formula is C16H24ClNS. The number of nitrogens with one attached hydrogen (secondary N) is 1. The smallest absolute Gasteiger partial charge is 0.0462 e. The quantitative estimate of drug-likeness (QED) is 0.718. The largest absolute Gasteiger partial charge is 0.313 e. The Balaban J connectivity index is 2.03. The van der Waals surface area contributed by atoms with Crippen molar-refractivity contribution in [2.45, 2.75) is 62.1 Å². The highest BCUT2D eigenvalue weighted by atomic mass is 35.5. The van der Waals surface area contributed by atoms with Crippen LogP contribution in [0.15, 0.2) is 23.1 Å². The monoisotopic (exact) mass is 297 g/mol. The first-order valence-electron chi connectivity index (χ1n) is 7.46. The normalized spacial score (nSPS) is 16.7. The number of rotatable bonds is 6. The summed E-state index contributed by atoms with van der Waals surface area (Å²) in [6, 6.07) is 6.32. The summed E-state index contributed by atoms with van der Waals surface area (Å²) < 4.78 is 0. The molecule has 0 aromatic heterocycles. The third-order valence-electron chi connectivity index (χ3n) is 3.65. The molecule has 0 heterocycles. The van der Waals surface area contributed by atoms with E-state index in [1.807, 2.05) is 17.8 Å². The standard InChI is InChI=1S/C16H24ClNS/c1-2-11-18-12-14-15(17)9-6-10-16(14)19-13-7-4-3-5-8-13/h6,9-10,13,18H,2-5,7-8,11-12H2,1H3. The minimum absolute atomic E-state index is 0.789. The molecule has 1 nitrogen and oxygen atoms in total. The second-order valence-electron chi connectivity index (χ2n) is 5.27. The van der Waals surface area contributed by atoms with Gasteiger partial charge in [-0.1, -0.05) is 43.9 Å². The van der Waals surface area contributed by atoms with E-state index in [0.29, 0.717) is 0 Å². The third kappa shape index (κ3) is 4.70. The molecule has 1 aliphatic rings. The molecule has 0 saturated heterocycles. The topological polar surface area (TPSA) is 12.0 Å². The Hall–Kier alpha value is -0.180. The Kier molecular flexibility index (Phi) is 6.55. The summed E-state index contributed by atoms with van der Waals surface area (Å²) in [5, 5.41) is 5.17. The van der Waals surface area contributed by atoms with E-state index in [1.165, 1.54) is 42.6 Å². The van der Waals surface area contributed by atoms with Gasteiger partial charge in [0.05, 0.1) is 0 Å². The van der Waals surface area contributed by atoms with Gasteiger partial charge in [-0.25, -0.2) is 0 Å². The van der Waals surface area contributed by atoms with Gasteiger partial charge in [0.1, 0.15) is 0 Å². The van der Waals surface area contributed by atoms with Gasteiger partial charge in [-0.05, 0) is 43.5 Å². The minimum Gasteiger partial charge on any atom is -0.313 e. The van der Waals surface area contributed by atoms with Crippen LogP contribution in [0.1, 0.15) is 51.0 Å². The molecule has 106 valence electrons. The van der Waals surface area contributed by atoms with E-state index in [-0.39, 0.29) is 0 Å². The molecule has 0 unspecified atom stereocenters. The summed E-state index contributed by atoms with van der Waals surface area (Å²) in [5.74, 6) is 0.